The standard InChI is InChI=1S/C15H18N2O3S/c1-3-20-13-8-5-4-7-12(13)11-17-15-14(21(2,18)19)9-6-10-16-15/h4-10H,3,11H2,1-2H3,(H,16,17). The van der Waals surface area contributed by atoms with Gasteiger partial charge in [0.1, 0.15) is 16.5 Å². The molecule has 0 aliphatic heterocycles. The number of anilines is 1. The van der Waals surface area contributed by atoms with E-state index in [1.165, 1.54) is 6.26 Å². The molecule has 0 bridgehead atoms. The van der Waals surface area contributed by atoms with E-state index in [9.17, 15) is 8.42 Å². The highest BCUT2D eigenvalue weighted by Crippen LogP contribution is 2.22. The van der Waals surface area contributed by atoms with Crippen LogP contribution in [0.15, 0.2) is 47.5 Å². The van der Waals surface area contributed by atoms with Crippen molar-refractivity contribution in [1.82, 2.24) is 4.98 Å². The molecule has 0 aliphatic rings. The van der Waals surface area contributed by atoms with E-state index < -0.39 is 9.84 Å². The zero-order valence-electron chi connectivity index (χ0n) is 12.0. The van der Waals surface area contributed by atoms with E-state index in [-0.39, 0.29) is 4.90 Å². The van der Waals surface area contributed by atoms with E-state index in [4.69, 9.17) is 4.74 Å². The summed E-state index contributed by atoms with van der Waals surface area (Å²) >= 11 is 0. The summed E-state index contributed by atoms with van der Waals surface area (Å²) in [4.78, 5) is 4.30. The topological polar surface area (TPSA) is 68.3 Å². The number of hydrogen-bond acceptors (Lipinski definition) is 5. The second-order valence-electron chi connectivity index (χ2n) is 4.52. The van der Waals surface area contributed by atoms with Gasteiger partial charge in [0, 0.05) is 24.6 Å². The fourth-order valence-corrected chi connectivity index (χ4v) is 2.75. The van der Waals surface area contributed by atoms with Crippen LogP contribution in [-0.2, 0) is 16.4 Å². The minimum Gasteiger partial charge on any atom is -0.494 e. The molecule has 2 aromatic rings. The van der Waals surface area contributed by atoms with Gasteiger partial charge in [-0.05, 0) is 25.1 Å². The maximum absolute atomic E-state index is 11.7. The van der Waals surface area contributed by atoms with Gasteiger partial charge >= 0.3 is 0 Å². The molecule has 0 spiro atoms. The van der Waals surface area contributed by atoms with Crippen molar-refractivity contribution in [2.24, 2.45) is 0 Å². The Kier molecular flexibility index (Phi) is 4.80. The molecule has 2 rings (SSSR count). The molecule has 21 heavy (non-hydrogen) atoms. The van der Waals surface area contributed by atoms with Gasteiger partial charge in [-0.2, -0.15) is 0 Å². The zero-order valence-corrected chi connectivity index (χ0v) is 12.9. The molecule has 0 aliphatic carbocycles. The van der Waals surface area contributed by atoms with Gasteiger partial charge in [0.25, 0.3) is 0 Å². The van der Waals surface area contributed by atoms with Gasteiger partial charge < -0.3 is 10.1 Å². The van der Waals surface area contributed by atoms with Gasteiger partial charge in [0.15, 0.2) is 9.84 Å². The number of nitrogens with one attached hydrogen (secondary N) is 1. The predicted molar refractivity (Wildman–Crippen MR) is 82.3 cm³/mol. The highest BCUT2D eigenvalue weighted by Gasteiger charge is 2.14. The van der Waals surface area contributed by atoms with E-state index in [2.05, 4.69) is 10.3 Å². The predicted octanol–water partition coefficient (Wildman–Crippen LogP) is 2.50. The van der Waals surface area contributed by atoms with Gasteiger partial charge in [0.05, 0.1) is 6.61 Å². The molecule has 0 saturated heterocycles. The number of ether oxygens (including phenoxy) is 1. The summed E-state index contributed by atoms with van der Waals surface area (Å²) in [5.74, 6) is 1.13. The number of pyridine rings is 1. The molecular formula is C15H18N2O3S. The highest BCUT2D eigenvalue weighted by molar-refractivity contribution is 7.90. The number of hydrogen-bond donors (Lipinski definition) is 1. The van der Waals surface area contributed by atoms with Crippen molar-refractivity contribution in [3.05, 3.63) is 48.2 Å². The Morgan fingerprint density at radius 2 is 1.95 bits per heavy atom. The maximum Gasteiger partial charge on any atom is 0.179 e. The molecule has 1 N–H and O–H groups in total. The number of aromatic nitrogens is 1. The summed E-state index contributed by atoms with van der Waals surface area (Å²) in [5, 5.41) is 3.06. The lowest BCUT2D eigenvalue weighted by Gasteiger charge is -2.12. The molecule has 1 aromatic heterocycles. The first-order valence-electron chi connectivity index (χ1n) is 6.62. The number of benzene rings is 1. The Labute approximate surface area is 124 Å². The minimum atomic E-state index is -3.31. The molecule has 0 unspecified atom stereocenters. The number of rotatable bonds is 6. The van der Waals surface area contributed by atoms with E-state index in [1.807, 2.05) is 31.2 Å². The lowest BCUT2D eigenvalue weighted by Crippen LogP contribution is -2.09. The van der Waals surface area contributed by atoms with Crippen LogP contribution >= 0.6 is 0 Å². The van der Waals surface area contributed by atoms with Gasteiger partial charge in [-0.1, -0.05) is 18.2 Å². The fourth-order valence-electron chi connectivity index (χ4n) is 1.95. The van der Waals surface area contributed by atoms with Crippen molar-refractivity contribution >= 4 is 15.7 Å². The lowest BCUT2D eigenvalue weighted by atomic mass is 10.2. The quantitative estimate of drug-likeness (QED) is 0.888. The summed E-state index contributed by atoms with van der Waals surface area (Å²) < 4.78 is 29.0. The average molecular weight is 306 g/mol. The van der Waals surface area contributed by atoms with Crippen LogP contribution in [0.1, 0.15) is 12.5 Å². The molecule has 1 heterocycles. The molecular weight excluding hydrogens is 288 g/mol. The Balaban J connectivity index is 2.22. The van der Waals surface area contributed by atoms with Crippen molar-refractivity contribution in [2.45, 2.75) is 18.4 Å². The summed E-state index contributed by atoms with van der Waals surface area (Å²) in [6, 6.07) is 10.8. The minimum absolute atomic E-state index is 0.193. The smallest absolute Gasteiger partial charge is 0.179 e. The first kappa shape index (κ1) is 15.3. The van der Waals surface area contributed by atoms with Gasteiger partial charge in [-0.3, -0.25) is 0 Å². The number of para-hydroxylation sites is 1. The van der Waals surface area contributed by atoms with Crippen LogP contribution in [0.4, 0.5) is 5.82 Å². The molecule has 1 aromatic carbocycles. The Morgan fingerprint density at radius 3 is 2.67 bits per heavy atom. The van der Waals surface area contributed by atoms with Crippen LogP contribution in [-0.4, -0.2) is 26.3 Å². The third kappa shape index (κ3) is 3.95. The number of nitrogens with zero attached hydrogens (tertiary/aromatic N) is 1. The van der Waals surface area contributed by atoms with Gasteiger partial charge in [-0.15, -0.1) is 0 Å². The van der Waals surface area contributed by atoms with Crippen LogP contribution in [0.5, 0.6) is 5.75 Å². The first-order valence-corrected chi connectivity index (χ1v) is 8.51. The van der Waals surface area contributed by atoms with Gasteiger partial charge in [-0.25, -0.2) is 13.4 Å². The normalized spacial score (nSPS) is 11.1. The van der Waals surface area contributed by atoms with Gasteiger partial charge in [0.2, 0.25) is 0 Å². The van der Waals surface area contributed by atoms with Crippen molar-refractivity contribution in [1.29, 1.82) is 0 Å². The Morgan fingerprint density at radius 1 is 1.19 bits per heavy atom. The molecule has 6 heteroatoms. The van der Waals surface area contributed by atoms with Crippen LogP contribution in [0.25, 0.3) is 0 Å². The van der Waals surface area contributed by atoms with Crippen LogP contribution < -0.4 is 10.1 Å². The molecule has 5 nitrogen and oxygen atoms in total. The molecule has 0 amide bonds. The highest BCUT2D eigenvalue weighted by atomic mass is 32.2. The largest absolute Gasteiger partial charge is 0.494 e. The Bertz CT molecular complexity index is 714. The summed E-state index contributed by atoms with van der Waals surface area (Å²) in [5.41, 5.74) is 0.949. The van der Waals surface area contributed by atoms with Crippen molar-refractivity contribution in [3.63, 3.8) is 0 Å². The first-order chi connectivity index (χ1) is 10.0. The molecule has 112 valence electrons. The maximum atomic E-state index is 11.7. The average Bonchev–Trinajstić information content (AvgIpc) is 2.46. The van der Waals surface area contributed by atoms with Crippen molar-refractivity contribution < 1.29 is 13.2 Å². The summed E-state index contributed by atoms with van der Waals surface area (Å²) in [6.07, 6.45) is 2.73. The third-order valence-corrected chi connectivity index (χ3v) is 4.02. The lowest BCUT2D eigenvalue weighted by molar-refractivity contribution is 0.337. The fraction of sp³-hybridized carbons (Fsp3) is 0.267. The molecule has 0 radical (unpaired) electrons. The van der Waals surface area contributed by atoms with Crippen molar-refractivity contribution in [3.8, 4) is 5.75 Å². The van der Waals surface area contributed by atoms with E-state index in [0.717, 1.165) is 11.3 Å². The Hall–Kier alpha value is -2.08. The monoisotopic (exact) mass is 306 g/mol. The number of sulfone groups is 1. The van der Waals surface area contributed by atoms with Crippen molar-refractivity contribution in [2.75, 3.05) is 18.2 Å². The second-order valence-corrected chi connectivity index (χ2v) is 6.50. The second kappa shape index (κ2) is 6.58. The molecule has 0 fully saturated rings. The third-order valence-electron chi connectivity index (χ3n) is 2.89. The molecule has 0 atom stereocenters. The summed E-state index contributed by atoms with van der Waals surface area (Å²) in [6.45, 7) is 2.94. The van der Waals surface area contributed by atoms with E-state index >= 15 is 0 Å². The SMILES string of the molecule is CCOc1ccccc1CNc1ncccc1S(C)(=O)=O. The van der Waals surface area contributed by atoms with Crippen LogP contribution in [0.2, 0.25) is 0 Å². The van der Waals surface area contributed by atoms with E-state index in [1.54, 1.807) is 18.3 Å². The van der Waals surface area contributed by atoms with Crippen LogP contribution in [0, 0.1) is 0 Å². The van der Waals surface area contributed by atoms with E-state index in [0.29, 0.717) is 19.0 Å². The molecule has 0 saturated carbocycles. The summed E-state index contributed by atoms with van der Waals surface area (Å²) in [7, 11) is -3.31. The van der Waals surface area contributed by atoms with Crippen LogP contribution in [0.3, 0.4) is 0 Å². The zero-order chi connectivity index (χ0) is 15.3.